The van der Waals surface area contributed by atoms with Gasteiger partial charge in [-0.15, -0.1) is 6.42 Å². The van der Waals surface area contributed by atoms with Crippen LogP contribution < -0.4 is 20.7 Å². The van der Waals surface area contributed by atoms with Gasteiger partial charge in [-0.2, -0.15) is 0 Å². The molecule has 0 bridgehead atoms. The summed E-state index contributed by atoms with van der Waals surface area (Å²) in [6.45, 7) is 1.40. The zero-order chi connectivity index (χ0) is 20.5. The number of anilines is 1. The van der Waals surface area contributed by atoms with Crippen molar-refractivity contribution in [1.82, 2.24) is 10.6 Å². The highest BCUT2D eigenvalue weighted by Gasteiger charge is 2.22. The maximum Gasteiger partial charge on any atom is 0.243 e. The molecule has 6 nitrogen and oxygen atoms in total. The van der Waals surface area contributed by atoms with Crippen LogP contribution in [0.3, 0.4) is 0 Å². The number of ether oxygens (including phenoxy) is 1. The highest BCUT2D eigenvalue weighted by molar-refractivity contribution is 5.95. The van der Waals surface area contributed by atoms with Crippen LogP contribution in [0, 0.1) is 18.3 Å². The van der Waals surface area contributed by atoms with E-state index in [0.29, 0.717) is 24.1 Å². The van der Waals surface area contributed by atoms with Crippen molar-refractivity contribution in [2.45, 2.75) is 19.4 Å². The fourth-order valence-corrected chi connectivity index (χ4v) is 2.74. The van der Waals surface area contributed by atoms with Crippen molar-refractivity contribution in [3.05, 3.63) is 59.7 Å². The Balaban J connectivity index is 1.47. The van der Waals surface area contributed by atoms with Gasteiger partial charge in [0.25, 0.3) is 0 Å². The Morgan fingerprint density at radius 2 is 2.03 bits per heavy atom. The predicted octanol–water partition coefficient (Wildman–Crippen LogP) is 2.76. The van der Waals surface area contributed by atoms with Gasteiger partial charge in [-0.05, 0) is 43.0 Å². The second kappa shape index (κ2) is 10.2. The third-order valence-electron chi connectivity index (χ3n) is 4.54. The summed E-state index contributed by atoms with van der Waals surface area (Å²) in [7, 11) is 1.67. The number of carbonyl (C=O) groups is 1. The Morgan fingerprint density at radius 3 is 2.79 bits per heavy atom. The molecule has 29 heavy (non-hydrogen) atoms. The molecule has 1 fully saturated rings. The van der Waals surface area contributed by atoms with Crippen molar-refractivity contribution in [3.63, 3.8) is 0 Å². The number of nitrogens with one attached hydrogen (secondary N) is 3. The van der Waals surface area contributed by atoms with Gasteiger partial charge in [0, 0.05) is 30.4 Å². The molecule has 2 aromatic rings. The molecule has 1 aliphatic carbocycles. The molecule has 1 amide bonds. The van der Waals surface area contributed by atoms with E-state index in [1.165, 1.54) is 12.8 Å². The number of hydrogen-bond acceptors (Lipinski definition) is 3. The van der Waals surface area contributed by atoms with Crippen molar-refractivity contribution in [2.24, 2.45) is 10.9 Å². The summed E-state index contributed by atoms with van der Waals surface area (Å²) in [5.74, 6) is 4.48. The van der Waals surface area contributed by atoms with E-state index in [4.69, 9.17) is 11.2 Å². The summed E-state index contributed by atoms with van der Waals surface area (Å²) < 4.78 is 5.93. The first-order valence-electron chi connectivity index (χ1n) is 9.69. The van der Waals surface area contributed by atoms with E-state index in [2.05, 4.69) is 26.9 Å². The fraction of sp³-hybridized carbons (Fsp3) is 0.304. The smallest absolute Gasteiger partial charge is 0.243 e. The largest absolute Gasteiger partial charge is 0.493 e. The number of para-hydroxylation sites is 1. The summed E-state index contributed by atoms with van der Waals surface area (Å²) in [5.41, 5.74) is 2.43. The van der Waals surface area contributed by atoms with Crippen molar-refractivity contribution in [2.75, 3.05) is 25.5 Å². The minimum atomic E-state index is -0.185. The van der Waals surface area contributed by atoms with E-state index in [0.717, 1.165) is 23.5 Å². The Hall–Kier alpha value is -3.46. The lowest BCUT2D eigenvalue weighted by Gasteiger charge is -2.15. The molecule has 0 unspecified atom stereocenters. The quantitative estimate of drug-likeness (QED) is 0.368. The maximum atomic E-state index is 12.2. The van der Waals surface area contributed by atoms with Gasteiger partial charge in [-0.3, -0.25) is 9.79 Å². The predicted molar refractivity (Wildman–Crippen MR) is 116 cm³/mol. The van der Waals surface area contributed by atoms with Crippen LogP contribution in [0.2, 0.25) is 0 Å². The minimum Gasteiger partial charge on any atom is -0.493 e. The van der Waals surface area contributed by atoms with Gasteiger partial charge in [-0.25, -0.2) is 0 Å². The minimum absolute atomic E-state index is 0.0831. The monoisotopic (exact) mass is 390 g/mol. The normalized spacial score (nSPS) is 13.3. The van der Waals surface area contributed by atoms with Gasteiger partial charge >= 0.3 is 0 Å². The Morgan fingerprint density at radius 1 is 1.21 bits per heavy atom. The van der Waals surface area contributed by atoms with Gasteiger partial charge in [0.2, 0.25) is 5.91 Å². The molecule has 0 radical (unpaired) electrons. The lowest BCUT2D eigenvalue weighted by Crippen LogP contribution is -2.41. The average molecular weight is 390 g/mol. The number of hydrogen-bond donors (Lipinski definition) is 3. The molecular formula is C23H26N4O2. The number of carbonyl (C=O) groups excluding carboxylic acids is 1. The summed E-state index contributed by atoms with van der Waals surface area (Å²) in [4.78, 5) is 16.4. The number of benzene rings is 2. The van der Waals surface area contributed by atoms with Gasteiger partial charge < -0.3 is 20.7 Å². The second-order valence-corrected chi connectivity index (χ2v) is 6.91. The molecule has 2 aromatic carbocycles. The van der Waals surface area contributed by atoms with Crippen LogP contribution in [0.4, 0.5) is 5.69 Å². The highest BCUT2D eigenvalue weighted by atomic mass is 16.5. The first kappa shape index (κ1) is 20.3. The molecule has 0 spiro atoms. The molecule has 0 atom stereocenters. The third kappa shape index (κ3) is 6.58. The van der Waals surface area contributed by atoms with Crippen LogP contribution in [0.25, 0.3) is 0 Å². The number of aliphatic imine (C=N–C) groups is 1. The van der Waals surface area contributed by atoms with Crippen LogP contribution in [0.1, 0.15) is 24.0 Å². The summed E-state index contributed by atoms with van der Waals surface area (Å²) in [6, 6.07) is 15.1. The molecule has 0 aliphatic heterocycles. The Labute approximate surface area is 171 Å². The second-order valence-electron chi connectivity index (χ2n) is 6.91. The van der Waals surface area contributed by atoms with Crippen molar-refractivity contribution in [3.8, 4) is 18.1 Å². The maximum absolute atomic E-state index is 12.2. The van der Waals surface area contributed by atoms with Crippen LogP contribution in [-0.4, -0.2) is 32.1 Å². The van der Waals surface area contributed by atoms with Gasteiger partial charge in [0.15, 0.2) is 5.96 Å². The number of rotatable bonds is 8. The van der Waals surface area contributed by atoms with Crippen LogP contribution in [0.15, 0.2) is 53.5 Å². The SMILES string of the molecule is C#Cc1cccc(NC(=O)CNC(=NC)NCc2ccccc2OCC2CC2)c1. The van der Waals surface area contributed by atoms with Gasteiger partial charge in [0.1, 0.15) is 5.75 Å². The van der Waals surface area contributed by atoms with Gasteiger partial charge in [0.05, 0.1) is 13.2 Å². The molecule has 0 heterocycles. The third-order valence-corrected chi connectivity index (χ3v) is 4.54. The van der Waals surface area contributed by atoms with Crippen molar-refractivity contribution >= 4 is 17.6 Å². The number of amides is 1. The average Bonchev–Trinajstić information content (AvgIpc) is 3.57. The summed E-state index contributed by atoms with van der Waals surface area (Å²) in [5, 5.41) is 9.05. The Kier molecular flexibility index (Phi) is 7.12. The van der Waals surface area contributed by atoms with Crippen LogP contribution >= 0.6 is 0 Å². The van der Waals surface area contributed by atoms with Crippen molar-refractivity contribution < 1.29 is 9.53 Å². The van der Waals surface area contributed by atoms with E-state index in [1.54, 1.807) is 19.2 Å². The lowest BCUT2D eigenvalue weighted by molar-refractivity contribution is -0.115. The summed E-state index contributed by atoms with van der Waals surface area (Å²) >= 11 is 0. The molecule has 3 N–H and O–H groups in total. The molecule has 1 saturated carbocycles. The number of nitrogens with zero attached hydrogens (tertiary/aromatic N) is 1. The zero-order valence-corrected chi connectivity index (χ0v) is 16.6. The van der Waals surface area contributed by atoms with E-state index in [9.17, 15) is 4.79 Å². The topological polar surface area (TPSA) is 74.8 Å². The number of terminal acetylenes is 1. The van der Waals surface area contributed by atoms with E-state index >= 15 is 0 Å². The van der Waals surface area contributed by atoms with Crippen LogP contribution in [0.5, 0.6) is 5.75 Å². The lowest BCUT2D eigenvalue weighted by atomic mass is 10.2. The Bertz CT molecular complexity index is 913. The molecule has 0 saturated heterocycles. The zero-order valence-electron chi connectivity index (χ0n) is 16.6. The van der Waals surface area contributed by atoms with E-state index in [-0.39, 0.29) is 12.5 Å². The molecule has 150 valence electrons. The first-order valence-corrected chi connectivity index (χ1v) is 9.69. The number of guanidine groups is 1. The van der Waals surface area contributed by atoms with Crippen LogP contribution in [-0.2, 0) is 11.3 Å². The van der Waals surface area contributed by atoms with Crippen molar-refractivity contribution in [1.29, 1.82) is 0 Å². The van der Waals surface area contributed by atoms with Gasteiger partial charge in [-0.1, -0.05) is 30.2 Å². The fourth-order valence-electron chi connectivity index (χ4n) is 2.74. The highest BCUT2D eigenvalue weighted by Crippen LogP contribution is 2.30. The molecule has 0 aromatic heterocycles. The first-order chi connectivity index (χ1) is 14.2. The standard InChI is InChI=1S/C23H26N4O2/c1-3-17-7-6-9-20(13-17)27-22(28)15-26-23(24-2)25-14-19-8-4-5-10-21(19)29-16-18-11-12-18/h1,4-10,13,18H,11-12,14-16H2,2H3,(H,27,28)(H2,24,25,26). The summed E-state index contributed by atoms with van der Waals surface area (Å²) in [6.07, 6.45) is 7.90. The molecular weight excluding hydrogens is 364 g/mol. The van der Waals surface area contributed by atoms with E-state index in [1.807, 2.05) is 36.4 Å². The molecule has 6 heteroatoms. The van der Waals surface area contributed by atoms with E-state index < -0.39 is 0 Å². The molecule has 1 aliphatic rings. The molecule has 3 rings (SSSR count).